The second kappa shape index (κ2) is 6.70. The number of aromatic hydroxyl groups is 1. The number of carbonyl (C=O) groups is 1. The van der Waals surface area contributed by atoms with E-state index in [1.807, 2.05) is 6.07 Å². The van der Waals surface area contributed by atoms with Gasteiger partial charge in [0.1, 0.15) is 12.4 Å². The van der Waals surface area contributed by atoms with Gasteiger partial charge in [-0.25, -0.2) is 4.79 Å². The molecule has 0 saturated heterocycles. The first-order valence-electron chi connectivity index (χ1n) is 5.28. The van der Waals surface area contributed by atoms with Crippen LogP contribution in [0.15, 0.2) is 36.4 Å². The second-order valence-electron chi connectivity index (χ2n) is 3.60. The van der Waals surface area contributed by atoms with Crippen LogP contribution in [0.1, 0.15) is 12.5 Å². The molecule has 1 rings (SSSR count). The first-order chi connectivity index (χ1) is 8.11. The maximum Gasteiger partial charge on any atom is 0.333 e. The molecule has 0 aliphatic carbocycles. The number of hydrogen-bond donors (Lipinski definition) is 1. The maximum absolute atomic E-state index is 11.0. The van der Waals surface area contributed by atoms with Gasteiger partial charge in [0.05, 0.1) is 13.2 Å². The van der Waals surface area contributed by atoms with E-state index in [0.717, 1.165) is 0 Å². The van der Waals surface area contributed by atoms with Gasteiger partial charge >= 0.3 is 5.97 Å². The van der Waals surface area contributed by atoms with Crippen molar-refractivity contribution in [1.29, 1.82) is 0 Å². The zero-order valence-electron chi connectivity index (χ0n) is 9.81. The normalized spacial score (nSPS) is 9.94. The van der Waals surface area contributed by atoms with E-state index in [1.165, 1.54) is 0 Å². The average molecular weight is 236 g/mol. The summed E-state index contributed by atoms with van der Waals surface area (Å²) in [5.74, 6) is -0.220. The number of ether oxygens (including phenoxy) is 2. The summed E-state index contributed by atoms with van der Waals surface area (Å²) in [5, 5.41) is 9.45. The lowest BCUT2D eigenvalue weighted by Crippen LogP contribution is -2.10. The van der Waals surface area contributed by atoms with Gasteiger partial charge in [0.2, 0.25) is 0 Å². The van der Waals surface area contributed by atoms with Gasteiger partial charge in [-0.15, -0.1) is 0 Å². The molecule has 0 amide bonds. The maximum atomic E-state index is 11.0. The third-order valence-corrected chi connectivity index (χ3v) is 2.06. The van der Waals surface area contributed by atoms with Crippen LogP contribution in [0.25, 0.3) is 0 Å². The number of esters is 1. The number of rotatable bonds is 6. The van der Waals surface area contributed by atoms with Gasteiger partial charge < -0.3 is 14.6 Å². The summed E-state index contributed by atoms with van der Waals surface area (Å²) in [7, 11) is 0. The molecule has 1 aromatic carbocycles. The van der Waals surface area contributed by atoms with Crippen LogP contribution in [0.3, 0.4) is 0 Å². The fraction of sp³-hybridized carbons (Fsp3) is 0.308. The molecule has 92 valence electrons. The minimum Gasteiger partial charge on any atom is -0.508 e. The highest BCUT2D eigenvalue weighted by molar-refractivity contribution is 5.86. The van der Waals surface area contributed by atoms with Gasteiger partial charge in [0, 0.05) is 11.1 Å². The smallest absolute Gasteiger partial charge is 0.333 e. The predicted molar refractivity (Wildman–Crippen MR) is 63.5 cm³/mol. The molecule has 0 spiro atoms. The number of benzene rings is 1. The van der Waals surface area contributed by atoms with Crippen molar-refractivity contribution >= 4 is 5.97 Å². The highest BCUT2D eigenvalue weighted by Gasteiger charge is 2.03. The van der Waals surface area contributed by atoms with Gasteiger partial charge in [-0.1, -0.05) is 24.8 Å². The third-order valence-electron chi connectivity index (χ3n) is 2.06. The molecule has 0 fully saturated rings. The first kappa shape index (κ1) is 13.3. The van der Waals surface area contributed by atoms with Crippen LogP contribution in [-0.4, -0.2) is 24.3 Å². The number of carbonyl (C=O) groups excluding carboxylic acids is 1. The highest BCUT2D eigenvalue weighted by atomic mass is 16.6. The summed E-state index contributed by atoms with van der Waals surface area (Å²) in [6.45, 7) is 5.81. The minimum absolute atomic E-state index is 0.180. The van der Waals surface area contributed by atoms with Gasteiger partial charge in [-0.3, -0.25) is 0 Å². The molecule has 0 radical (unpaired) electrons. The van der Waals surface area contributed by atoms with Crippen LogP contribution in [0.2, 0.25) is 0 Å². The number of hydrogen-bond acceptors (Lipinski definition) is 4. The second-order valence-corrected chi connectivity index (χ2v) is 3.60. The van der Waals surface area contributed by atoms with Crippen molar-refractivity contribution in [2.75, 3.05) is 13.2 Å². The Morgan fingerprint density at radius 1 is 1.35 bits per heavy atom. The number of phenolic OH excluding ortho intramolecular Hbond substituents is 1. The third kappa shape index (κ3) is 4.70. The van der Waals surface area contributed by atoms with Gasteiger partial charge in [0.15, 0.2) is 0 Å². The summed E-state index contributed by atoms with van der Waals surface area (Å²) in [4.78, 5) is 11.0. The van der Waals surface area contributed by atoms with Crippen molar-refractivity contribution in [2.24, 2.45) is 0 Å². The Hall–Kier alpha value is -1.81. The van der Waals surface area contributed by atoms with Crippen molar-refractivity contribution in [3.8, 4) is 5.75 Å². The van der Waals surface area contributed by atoms with Crippen LogP contribution in [0, 0.1) is 0 Å². The largest absolute Gasteiger partial charge is 0.508 e. The molecule has 1 aromatic rings. The molecule has 0 aliphatic rings. The lowest BCUT2D eigenvalue weighted by molar-refractivity contribution is -0.140. The number of para-hydroxylation sites is 1. The number of phenols is 1. The van der Waals surface area contributed by atoms with E-state index in [4.69, 9.17) is 9.47 Å². The lowest BCUT2D eigenvalue weighted by atomic mass is 10.2. The van der Waals surface area contributed by atoms with Crippen molar-refractivity contribution in [2.45, 2.75) is 13.5 Å². The Kier molecular flexibility index (Phi) is 5.23. The van der Waals surface area contributed by atoms with Gasteiger partial charge in [-0.2, -0.15) is 0 Å². The predicted octanol–water partition coefficient (Wildman–Crippen LogP) is 2.03. The molecule has 0 atom stereocenters. The van der Waals surface area contributed by atoms with Crippen molar-refractivity contribution < 1.29 is 19.4 Å². The SMILES string of the molecule is C=C(C)C(=O)OCCOCc1ccccc1O. The minimum atomic E-state index is -0.420. The van der Waals surface area contributed by atoms with E-state index in [9.17, 15) is 9.90 Å². The monoisotopic (exact) mass is 236 g/mol. The van der Waals surface area contributed by atoms with E-state index in [1.54, 1.807) is 25.1 Å². The Morgan fingerprint density at radius 2 is 2.06 bits per heavy atom. The molecule has 4 nitrogen and oxygen atoms in total. The fourth-order valence-electron chi connectivity index (χ4n) is 1.13. The van der Waals surface area contributed by atoms with E-state index in [-0.39, 0.29) is 25.6 Å². The summed E-state index contributed by atoms with van der Waals surface area (Å²) in [6, 6.07) is 6.93. The summed E-state index contributed by atoms with van der Waals surface area (Å²) < 4.78 is 10.1. The molecular weight excluding hydrogens is 220 g/mol. The lowest BCUT2D eigenvalue weighted by Gasteiger charge is -2.07. The van der Waals surface area contributed by atoms with E-state index < -0.39 is 5.97 Å². The Labute approximate surface area is 100 Å². The van der Waals surface area contributed by atoms with Crippen LogP contribution in [-0.2, 0) is 20.9 Å². The Balaban J connectivity index is 2.19. The molecule has 0 heterocycles. The first-order valence-corrected chi connectivity index (χ1v) is 5.28. The fourth-order valence-corrected chi connectivity index (χ4v) is 1.13. The highest BCUT2D eigenvalue weighted by Crippen LogP contribution is 2.16. The zero-order valence-corrected chi connectivity index (χ0v) is 9.81. The molecular formula is C13H16O4. The van der Waals surface area contributed by atoms with Crippen molar-refractivity contribution in [1.82, 2.24) is 0 Å². The Morgan fingerprint density at radius 3 is 2.71 bits per heavy atom. The Bertz CT molecular complexity index is 398. The van der Waals surface area contributed by atoms with Crippen LogP contribution in [0.5, 0.6) is 5.75 Å². The topological polar surface area (TPSA) is 55.8 Å². The molecule has 0 bridgehead atoms. The van der Waals surface area contributed by atoms with Crippen LogP contribution >= 0.6 is 0 Å². The van der Waals surface area contributed by atoms with Crippen LogP contribution in [0.4, 0.5) is 0 Å². The summed E-state index contributed by atoms with van der Waals surface area (Å²) >= 11 is 0. The van der Waals surface area contributed by atoms with E-state index in [0.29, 0.717) is 11.1 Å². The van der Waals surface area contributed by atoms with Crippen molar-refractivity contribution in [3.63, 3.8) is 0 Å². The summed E-state index contributed by atoms with van der Waals surface area (Å²) in [6.07, 6.45) is 0. The molecule has 4 heteroatoms. The van der Waals surface area contributed by atoms with E-state index >= 15 is 0 Å². The average Bonchev–Trinajstić information content (AvgIpc) is 2.30. The zero-order chi connectivity index (χ0) is 12.7. The molecule has 1 N–H and O–H groups in total. The molecule has 0 unspecified atom stereocenters. The van der Waals surface area contributed by atoms with Gasteiger partial charge in [-0.05, 0) is 13.0 Å². The van der Waals surface area contributed by atoms with Crippen LogP contribution < -0.4 is 0 Å². The standard InChI is InChI=1S/C13H16O4/c1-10(2)13(15)17-8-7-16-9-11-5-3-4-6-12(11)14/h3-6,14H,1,7-9H2,2H3. The van der Waals surface area contributed by atoms with Gasteiger partial charge in [0.25, 0.3) is 0 Å². The molecule has 17 heavy (non-hydrogen) atoms. The quantitative estimate of drug-likeness (QED) is 0.466. The molecule has 0 aliphatic heterocycles. The van der Waals surface area contributed by atoms with E-state index in [2.05, 4.69) is 6.58 Å². The molecule has 0 aromatic heterocycles. The molecule has 0 saturated carbocycles. The summed E-state index contributed by atoms with van der Waals surface area (Å²) in [5.41, 5.74) is 1.07. The van der Waals surface area contributed by atoms with Crippen molar-refractivity contribution in [3.05, 3.63) is 42.0 Å².